The first-order chi connectivity index (χ1) is 12.8. The maximum absolute atomic E-state index is 5.72. The second-order valence-corrected chi connectivity index (χ2v) is 5.75. The predicted octanol–water partition coefficient (Wildman–Crippen LogP) is 1.77. The van der Waals surface area contributed by atoms with Crippen LogP contribution >= 0.6 is 0 Å². The molecule has 0 unspecified atom stereocenters. The zero-order valence-electron chi connectivity index (χ0n) is 15.1. The molecule has 2 heterocycles. The summed E-state index contributed by atoms with van der Waals surface area (Å²) in [5.74, 6) is 2.27. The molecule has 1 saturated heterocycles. The topological polar surface area (TPSA) is 69.2 Å². The Balaban J connectivity index is 1.72. The molecular formula is C18H24N4O4. The van der Waals surface area contributed by atoms with Crippen molar-refractivity contribution in [3.63, 3.8) is 0 Å². The summed E-state index contributed by atoms with van der Waals surface area (Å²) in [5.41, 5.74) is 0.976. The van der Waals surface area contributed by atoms with E-state index in [-0.39, 0.29) is 13.6 Å². The molecule has 1 aliphatic rings. The molecule has 0 spiro atoms. The molecular weight excluding hydrogens is 336 g/mol. The fourth-order valence-corrected chi connectivity index (χ4v) is 2.81. The van der Waals surface area contributed by atoms with Gasteiger partial charge in [0.05, 0.1) is 5.69 Å². The minimum absolute atomic E-state index is 0.198. The first kappa shape index (κ1) is 18.2. The minimum atomic E-state index is 0.198. The highest BCUT2D eigenvalue weighted by molar-refractivity contribution is 5.62. The molecule has 0 saturated carbocycles. The fraction of sp³-hybridized carbons (Fsp3) is 0.444. The van der Waals surface area contributed by atoms with Crippen molar-refractivity contribution in [1.82, 2.24) is 9.97 Å². The molecule has 0 radical (unpaired) electrons. The van der Waals surface area contributed by atoms with Gasteiger partial charge >= 0.3 is 0 Å². The first-order valence-corrected chi connectivity index (χ1v) is 8.46. The number of benzene rings is 1. The monoisotopic (exact) mass is 360 g/mol. The fourth-order valence-electron chi connectivity index (χ4n) is 2.81. The molecule has 0 aliphatic carbocycles. The van der Waals surface area contributed by atoms with Crippen molar-refractivity contribution in [2.24, 2.45) is 0 Å². The second kappa shape index (κ2) is 9.21. The molecule has 2 aromatic rings. The van der Waals surface area contributed by atoms with Gasteiger partial charge in [-0.15, -0.1) is 0 Å². The lowest BCUT2D eigenvalue weighted by Gasteiger charge is -2.36. The van der Waals surface area contributed by atoms with Gasteiger partial charge in [-0.2, -0.15) is 0 Å². The Bertz CT molecular complexity index is 678. The van der Waals surface area contributed by atoms with Crippen LogP contribution in [0.2, 0.25) is 0 Å². The van der Waals surface area contributed by atoms with Crippen LogP contribution in [0, 0.1) is 0 Å². The van der Waals surface area contributed by atoms with Crippen LogP contribution in [0.3, 0.4) is 0 Å². The van der Waals surface area contributed by atoms with Gasteiger partial charge in [0.15, 0.2) is 13.6 Å². The van der Waals surface area contributed by atoms with E-state index >= 15 is 0 Å². The van der Waals surface area contributed by atoms with Crippen LogP contribution in [-0.4, -0.2) is 64.0 Å². The average Bonchev–Trinajstić information content (AvgIpc) is 2.72. The van der Waals surface area contributed by atoms with Gasteiger partial charge in [0.25, 0.3) is 0 Å². The smallest absolute Gasteiger partial charge is 0.225 e. The summed E-state index contributed by atoms with van der Waals surface area (Å²) in [6.07, 6.45) is 3.53. The molecule has 0 bridgehead atoms. The summed E-state index contributed by atoms with van der Waals surface area (Å²) in [7, 11) is 3.20. The van der Waals surface area contributed by atoms with E-state index in [0.717, 1.165) is 49.3 Å². The van der Waals surface area contributed by atoms with Crippen molar-refractivity contribution in [2.75, 3.05) is 63.8 Å². The molecule has 8 nitrogen and oxygen atoms in total. The van der Waals surface area contributed by atoms with E-state index in [0.29, 0.717) is 0 Å². The van der Waals surface area contributed by atoms with Gasteiger partial charge < -0.3 is 28.7 Å². The Morgan fingerprint density at radius 2 is 1.54 bits per heavy atom. The molecule has 0 amide bonds. The normalized spacial score (nSPS) is 14.4. The van der Waals surface area contributed by atoms with Crippen LogP contribution in [0.5, 0.6) is 11.5 Å². The van der Waals surface area contributed by atoms with Crippen molar-refractivity contribution in [3.05, 3.63) is 36.7 Å². The maximum atomic E-state index is 5.72. The third-order valence-electron chi connectivity index (χ3n) is 4.06. The Labute approximate surface area is 153 Å². The number of piperazine rings is 1. The molecule has 1 fully saturated rings. The molecule has 140 valence electrons. The van der Waals surface area contributed by atoms with Gasteiger partial charge in [0, 0.05) is 58.9 Å². The van der Waals surface area contributed by atoms with Gasteiger partial charge in [-0.3, -0.25) is 0 Å². The zero-order chi connectivity index (χ0) is 18.2. The molecule has 3 rings (SSSR count). The van der Waals surface area contributed by atoms with Gasteiger partial charge in [-0.25, -0.2) is 9.97 Å². The van der Waals surface area contributed by atoms with Crippen molar-refractivity contribution < 1.29 is 18.9 Å². The van der Waals surface area contributed by atoms with Gasteiger partial charge in [-0.1, -0.05) is 0 Å². The summed E-state index contributed by atoms with van der Waals surface area (Å²) in [4.78, 5) is 13.1. The van der Waals surface area contributed by atoms with Crippen LogP contribution < -0.4 is 19.3 Å². The van der Waals surface area contributed by atoms with Crippen molar-refractivity contribution in [2.45, 2.75) is 0 Å². The van der Waals surface area contributed by atoms with Gasteiger partial charge in [-0.05, 0) is 18.2 Å². The average molecular weight is 360 g/mol. The predicted molar refractivity (Wildman–Crippen MR) is 97.9 cm³/mol. The third-order valence-corrected chi connectivity index (χ3v) is 4.06. The number of anilines is 2. The number of rotatable bonds is 8. The summed E-state index contributed by atoms with van der Waals surface area (Å²) in [6, 6.07) is 7.55. The van der Waals surface area contributed by atoms with Crippen LogP contribution in [0.15, 0.2) is 36.7 Å². The number of ether oxygens (including phenoxy) is 4. The highest BCUT2D eigenvalue weighted by atomic mass is 16.7. The lowest BCUT2D eigenvalue weighted by Crippen LogP contribution is -2.47. The maximum Gasteiger partial charge on any atom is 0.225 e. The van der Waals surface area contributed by atoms with Crippen LogP contribution in [0.4, 0.5) is 11.6 Å². The van der Waals surface area contributed by atoms with Gasteiger partial charge in [0.1, 0.15) is 11.5 Å². The van der Waals surface area contributed by atoms with E-state index in [2.05, 4.69) is 19.8 Å². The molecule has 0 N–H and O–H groups in total. The van der Waals surface area contributed by atoms with E-state index in [1.165, 1.54) is 0 Å². The molecule has 8 heteroatoms. The van der Waals surface area contributed by atoms with Crippen LogP contribution in [-0.2, 0) is 9.47 Å². The van der Waals surface area contributed by atoms with E-state index in [9.17, 15) is 0 Å². The summed E-state index contributed by atoms with van der Waals surface area (Å²) < 4.78 is 21.3. The summed E-state index contributed by atoms with van der Waals surface area (Å²) in [6.45, 7) is 3.72. The van der Waals surface area contributed by atoms with E-state index in [1.807, 2.05) is 24.3 Å². The van der Waals surface area contributed by atoms with E-state index in [1.54, 1.807) is 26.6 Å². The zero-order valence-corrected chi connectivity index (χ0v) is 15.1. The number of hydrogen-bond acceptors (Lipinski definition) is 8. The highest BCUT2D eigenvalue weighted by Crippen LogP contribution is 2.33. The highest BCUT2D eigenvalue weighted by Gasteiger charge is 2.22. The molecule has 0 atom stereocenters. The number of methoxy groups -OCH3 is 2. The van der Waals surface area contributed by atoms with E-state index in [4.69, 9.17) is 18.9 Å². The van der Waals surface area contributed by atoms with Gasteiger partial charge in [0.2, 0.25) is 5.95 Å². The summed E-state index contributed by atoms with van der Waals surface area (Å²) in [5, 5.41) is 0. The molecule has 1 aromatic carbocycles. The quantitative estimate of drug-likeness (QED) is 0.660. The molecule has 26 heavy (non-hydrogen) atoms. The first-order valence-electron chi connectivity index (χ1n) is 8.46. The summed E-state index contributed by atoms with van der Waals surface area (Å²) >= 11 is 0. The van der Waals surface area contributed by atoms with Crippen molar-refractivity contribution in [3.8, 4) is 11.5 Å². The number of aromatic nitrogens is 2. The SMILES string of the molecule is COCOc1ccc(OCOC)c(N2CCN(c3ncccn3)CC2)c1. The lowest BCUT2D eigenvalue weighted by atomic mass is 10.2. The third kappa shape index (κ3) is 4.53. The minimum Gasteiger partial charge on any atom is -0.467 e. The van der Waals surface area contributed by atoms with Crippen molar-refractivity contribution >= 4 is 11.6 Å². The Hall–Kier alpha value is -2.58. The number of nitrogens with zero attached hydrogens (tertiary/aromatic N) is 4. The Morgan fingerprint density at radius 3 is 2.23 bits per heavy atom. The lowest BCUT2D eigenvalue weighted by molar-refractivity contribution is 0.0486. The standard InChI is InChI=1S/C18H24N4O4/c1-23-13-25-15-4-5-17(26-14-24-2)16(12-15)21-8-10-22(11-9-21)18-19-6-3-7-20-18/h3-7,12H,8-11,13-14H2,1-2H3. The molecule has 1 aliphatic heterocycles. The number of hydrogen-bond donors (Lipinski definition) is 0. The second-order valence-electron chi connectivity index (χ2n) is 5.75. The largest absolute Gasteiger partial charge is 0.467 e. The van der Waals surface area contributed by atoms with Crippen LogP contribution in [0.1, 0.15) is 0 Å². The Morgan fingerprint density at radius 1 is 0.885 bits per heavy atom. The Kier molecular flexibility index (Phi) is 6.45. The van der Waals surface area contributed by atoms with E-state index < -0.39 is 0 Å². The van der Waals surface area contributed by atoms with Crippen LogP contribution in [0.25, 0.3) is 0 Å². The molecule has 1 aromatic heterocycles. The van der Waals surface area contributed by atoms with Crippen molar-refractivity contribution in [1.29, 1.82) is 0 Å².